The Balaban J connectivity index is 2.15. The molecule has 2 rings (SSSR count). The zero-order valence-electron chi connectivity index (χ0n) is 8.86. The molecule has 2 N–H and O–H groups in total. The second-order valence-electron chi connectivity index (χ2n) is 3.31. The molecular weight excluding hydrogens is 192 g/mol. The van der Waals surface area contributed by atoms with Crippen LogP contribution >= 0.6 is 0 Å². The van der Waals surface area contributed by atoms with Gasteiger partial charge >= 0.3 is 0 Å². The summed E-state index contributed by atoms with van der Waals surface area (Å²) in [5.41, 5.74) is 0.722. The normalized spacial score (nSPS) is 10.8. The first kappa shape index (κ1) is 9.85. The first-order valence-corrected chi connectivity index (χ1v) is 4.84. The van der Waals surface area contributed by atoms with Gasteiger partial charge in [0.2, 0.25) is 5.95 Å². The standard InChI is InChI=1S/C9H14N6/c1-10-3-4-11-9-12-5-7-6-15(2)14-8(7)13-9/h5-6,10H,3-4H2,1-2H3,(H,11,13,14). The topological polar surface area (TPSA) is 67.7 Å². The van der Waals surface area contributed by atoms with Crippen molar-refractivity contribution in [2.45, 2.75) is 0 Å². The Kier molecular flexibility index (Phi) is 2.77. The Bertz CT molecular complexity index is 449. The minimum atomic E-state index is 0.622. The maximum atomic E-state index is 4.29. The van der Waals surface area contributed by atoms with E-state index in [2.05, 4.69) is 25.7 Å². The van der Waals surface area contributed by atoms with Gasteiger partial charge in [0.25, 0.3) is 0 Å². The molecule has 0 atom stereocenters. The lowest BCUT2D eigenvalue weighted by Crippen LogP contribution is -2.18. The fraction of sp³-hybridized carbons (Fsp3) is 0.444. The molecule has 80 valence electrons. The van der Waals surface area contributed by atoms with Crippen molar-refractivity contribution in [3.8, 4) is 0 Å². The number of anilines is 1. The minimum Gasteiger partial charge on any atom is -0.353 e. The molecule has 15 heavy (non-hydrogen) atoms. The van der Waals surface area contributed by atoms with Gasteiger partial charge in [-0.15, -0.1) is 0 Å². The van der Waals surface area contributed by atoms with Gasteiger partial charge in [-0.1, -0.05) is 0 Å². The van der Waals surface area contributed by atoms with E-state index >= 15 is 0 Å². The fourth-order valence-corrected chi connectivity index (χ4v) is 1.32. The third-order valence-corrected chi connectivity index (χ3v) is 2.03. The van der Waals surface area contributed by atoms with E-state index < -0.39 is 0 Å². The molecule has 0 aliphatic rings. The first-order chi connectivity index (χ1) is 7.29. The number of likely N-dealkylation sites (N-methyl/N-ethyl adjacent to an activating group) is 1. The number of nitrogens with one attached hydrogen (secondary N) is 2. The molecule has 0 fully saturated rings. The van der Waals surface area contributed by atoms with Crippen LogP contribution in [-0.2, 0) is 7.05 Å². The van der Waals surface area contributed by atoms with Crippen molar-refractivity contribution in [2.75, 3.05) is 25.5 Å². The van der Waals surface area contributed by atoms with Crippen LogP contribution in [0.2, 0.25) is 0 Å². The Hall–Kier alpha value is -1.69. The van der Waals surface area contributed by atoms with Gasteiger partial charge in [0, 0.05) is 32.5 Å². The smallest absolute Gasteiger partial charge is 0.224 e. The summed E-state index contributed by atoms with van der Waals surface area (Å²) >= 11 is 0. The van der Waals surface area contributed by atoms with Crippen LogP contribution in [0.5, 0.6) is 0 Å². The Morgan fingerprint density at radius 3 is 3.07 bits per heavy atom. The summed E-state index contributed by atoms with van der Waals surface area (Å²) in [5, 5.41) is 11.3. The molecule has 0 saturated heterocycles. The van der Waals surface area contributed by atoms with Crippen molar-refractivity contribution in [1.29, 1.82) is 0 Å². The summed E-state index contributed by atoms with van der Waals surface area (Å²) in [7, 11) is 3.78. The van der Waals surface area contributed by atoms with Gasteiger partial charge in [-0.05, 0) is 7.05 Å². The second kappa shape index (κ2) is 4.22. The molecule has 0 radical (unpaired) electrons. The van der Waals surface area contributed by atoms with Crippen LogP contribution in [0.1, 0.15) is 0 Å². The highest BCUT2D eigenvalue weighted by molar-refractivity contribution is 5.73. The molecule has 0 bridgehead atoms. The van der Waals surface area contributed by atoms with Gasteiger partial charge in [0.1, 0.15) is 0 Å². The van der Waals surface area contributed by atoms with Crippen LogP contribution in [0.4, 0.5) is 5.95 Å². The van der Waals surface area contributed by atoms with Crippen molar-refractivity contribution in [3.05, 3.63) is 12.4 Å². The lowest BCUT2D eigenvalue weighted by atomic mass is 10.4. The summed E-state index contributed by atoms with van der Waals surface area (Å²) in [6.07, 6.45) is 3.67. The predicted octanol–water partition coefficient (Wildman–Crippen LogP) is -0.00540. The van der Waals surface area contributed by atoms with Crippen molar-refractivity contribution in [3.63, 3.8) is 0 Å². The monoisotopic (exact) mass is 206 g/mol. The van der Waals surface area contributed by atoms with Gasteiger partial charge in [0.15, 0.2) is 5.65 Å². The van der Waals surface area contributed by atoms with E-state index in [1.165, 1.54) is 0 Å². The SMILES string of the molecule is CNCCNc1ncc2cn(C)nc2n1. The van der Waals surface area contributed by atoms with Gasteiger partial charge in [-0.2, -0.15) is 10.1 Å². The van der Waals surface area contributed by atoms with Gasteiger partial charge < -0.3 is 10.6 Å². The van der Waals surface area contributed by atoms with Crippen molar-refractivity contribution in [2.24, 2.45) is 7.05 Å². The summed E-state index contributed by atoms with van der Waals surface area (Å²) in [6, 6.07) is 0. The highest BCUT2D eigenvalue weighted by Crippen LogP contribution is 2.09. The second-order valence-corrected chi connectivity index (χ2v) is 3.31. The largest absolute Gasteiger partial charge is 0.353 e. The van der Waals surface area contributed by atoms with Crippen LogP contribution in [0.15, 0.2) is 12.4 Å². The summed E-state index contributed by atoms with van der Waals surface area (Å²) < 4.78 is 1.73. The van der Waals surface area contributed by atoms with Crippen molar-refractivity contribution in [1.82, 2.24) is 25.1 Å². The third kappa shape index (κ3) is 2.21. The first-order valence-electron chi connectivity index (χ1n) is 4.84. The predicted molar refractivity (Wildman–Crippen MR) is 58.7 cm³/mol. The number of fused-ring (bicyclic) bond motifs is 1. The molecule has 2 aromatic rings. The van der Waals surface area contributed by atoms with Gasteiger partial charge in [0.05, 0.1) is 5.39 Å². The minimum absolute atomic E-state index is 0.622. The van der Waals surface area contributed by atoms with Crippen LogP contribution in [-0.4, -0.2) is 39.9 Å². The highest BCUT2D eigenvalue weighted by Gasteiger charge is 2.02. The Morgan fingerprint density at radius 2 is 2.27 bits per heavy atom. The van der Waals surface area contributed by atoms with Crippen LogP contribution in [0.3, 0.4) is 0 Å². The number of aryl methyl sites for hydroxylation is 1. The maximum Gasteiger partial charge on any atom is 0.224 e. The number of rotatable bonds is 4. The van der Waals surface area contributed by atoms with E-state index in [4.69, 9.17) is 0 Å². The Morgan fingerprint density at radius 1 is 1.40 bits per heavy atom. The fourth-order valence-electron chi connectivity index (χ4n) is 1.32. The summed E-state index contributed by atoms with van der Waals surface area (Å²) in [5.74, 6) is 0.622. The summed E-state index contributed by atoms with van der Waals surface area (Å²) in [4.78, 5) is 8.47. The van der Waals surface area contributed by atoms with Crippen molar-refractivity contribution < 1.29 is 0 Å². The Labute approximate surface area is 87.7 Å². The molecule has 2 heterocycles. The zero-order chi connectivity index (χ0) is 10.7. The molecule has 2 aromatic heterocycles. The van der Waals surface area contributed by atoms with E-state index in [0.717, 1.165) is 24.1 Å². The molecule has 6 heteroatoms. The van der Waals surface area contributed by atoms with Crippen LogP contribution in [0.25, 0.3) is 11.0 Å². The van der Waals surface area contributed by atoms with E-state index in [1.807, 2.05) is 20.3 Å². The molecule has 0 spiro atoms. The average molecular weight is 206 g/mol. The van der Waals surface area contributed by atoms with Crippen LogP contribution in [0, 0.1) is 0 Å². The maximum absolute atomic E-state index is 4.29. The number of aromatic nitrogens is 4. The molecule has 0 saturated carbocycles. The summed E-state index contributed by atoms with van der Waals surface area (Å²) in [6.45, 7) is 1.68. The van der Waals surface area contributed by atoms with E-state index in [-0.39, 0.29) is 0 Å². The van der Waals surface area contributed by atoms with Gasteiger partial charge in [-0.3, -0.25) is 4.68 Å². The van der Waals surface area contributed by atoms with E-state index in [0.29, 0.717) is 5.95 Å². The van der Waals surface area contributed by atoms with Crippen LogP contribution < -0.4 is 10.6 Å². The highest BCUT2D eigenvalue weighted by atomic mass is 15.3. The molecule has 6 nitrogen and oxygen atoms in total. The molecule has 0 aromatic carbocycles. The average Bonchev–Trinajstić information content (AvgIpc) is 2.57. The molecule has 0 aliphatic carbocycles. The number of hydrogen-bond acceptors (Lipinski definition) is 5. The zero-order valence-corrected chi connectivity index (χ0v) is 8.86. The quantitative estimate of drug-likeness (QED) is 0.689. The number of nitrogens with zero attached hydrogens (tertiary/aromatic N) is 4. The molecule has 0 aliphatic heterocycles. The van der Waals surface area contributed by atoms with Crippen molar-refractivity contribution >= 4 is 17.0 Å². The van der Waals surface area contributed by atoms with E-state index in [1.54, 1.807) is 10.9 Å². The number of hydrogen-bond donors (Lipinski definition) is 2. The lowest BCUT2D eigenvalue weighted by Gasteiger charge is -2.02. The molecular formula is C9H14N6. The third-order valence-electron chi connectivity index (χ3n) is 2.03. The lowest BCUT2D eigenvalue weighted by molar-refractivity contribution is 0.775. The molecule has 0 amide bonds. The van der Waals surface area contributed by atoms with Gasteiger partial charge in [-0.25, -0.2) is 4.98 Å². The van der Waals surface area contributed by atoms with E-state index in [9.17, 15) is 0 Å². The molecule has 0 unspecified atom stereocenters.